The van der Waals surface area contributed by atoms with Crippen molar-refractivity contribution in [2.24, 2.45) is 11.8 Å². The molecule has 2 aromatic carbocycles. The number of aliphatic hydroxyl groups is 2. The molecule has 0 saturated carbocycles. The monoisotopic (exact) mass is 436 g/mol. The third-order valence-corrected chi connectivity index (χ3v) is 8.05. The van der Waals surface area contributed by atoms with Crippen molar-refractivity contribution in [3.05, 3.63) is 66.2 Å². The van der Waals surface area contributed by atoms with E-state index in [0.717, 1.165) is 5.56 Å². The summed E-state index contributed by atoms with van der Waals surface area (Å²) in [6.45, 7) is 7.30. The van der Waals surface area contributed by atoms with Gasteiger partial charge >= 0.3 is 170 Å². The van der Waals surface area contributed by atoms with E-state index in [2.05, 4.69) is 31.2 Å². The molecule has 0 aliphatic carbocycles. The number of ether oxygens (including phenoxy) is 1. The zero-order chi connectivity index (χ0) is 19.6. The Morgan fingerprint density at radius 3 is 2.04 bits per heavy atom. The molecule has 2 N–H and O–H groups in total. The summed E-state index contributed by atoms with van der Waals surface area (Å²) < 4.78 is 7.21. The average Bonchev–Trinajstić information content (AvgIpc) is 2.67. The zero-order valence-electron chi connectivity index (χ0n) is 16.5. The van der Waals surface area contributed by atoms with E-state index in [0.29, 0.717) is 19.6 Å². The fourth-order valence-electron chi connectivity index (χ4n) is 2.92. The summed E-state index contributed by atoms with van der Waals surface area (Å²) in [6, 6.07) is 20.5. The van der Waals surface area contributed by atoms with Crippen molar-refractivity contribution in [3.8, 4) is 0 Å². The Bertz CT molecular complexity index is 633. The van der Waals surface area contributed by atoms with Crippen LogP contribution in [0.5, 0.6) is 0 Å². The molecule has 0 spiro atoms. The van der Waals surface area contributed by atoms with Crippen LogP contribution < -0.4 is 4.46 Å². The van der Waals surface area contributed by atoms with E-state index in [4.69, 9.17) is 4.74 Å². The first-order valence-electron chi connectivity index (χ1n) is 9.67. The zero-order valence-corrected chi connectivity index (χ0v) is 18.2. The van der Waals surface area contributed by atoms with Gasteiger partial charge in [0.05, 0.1) is 0 Å². The third-order valence-electron chi connectivity index (χ3n) is 4.70. The molecule has 4 heteroatoms. The molecule has 0 unspecified atom stereocenters. The maximum atomic E-state index is 10.9. The molecule has 0 aliphatic heterocycles. The molecule has 148 valence electrons. The summed E-state index contributed by atoms with van der Waals surface area (Å²) in [4.78, 5) is 0.101. The number of rotatable bonds is 11. The third kappa shape index (κ3) is 7.77. The van der Waals surface area contributed by atoms with Gasteiger partial charge in [0.2, 0.25) is 0 Å². The Labute approximate surface area is 169 Å². The van der Waals surface area contributed by atoms with Gasteiger partial charge in [-0.1, -0.05) is 0 Å². The predicted octanol–water partition coefficient (Wildman–Crippen LogP) is 3.43. The van der Waals surface area contributed by atoms with E-state index >= 15 is 0 Å². The van der Waals surface area contributed by atoms with Crippen LogP contribution >= 0.6 is 0 Å². The Hall–Kier alpha value is -1.16. The van der Waals surface area contributed by atoms with Gasteiger partial charge in [0.25, 0.3) is 0 Å². The van der Waals surface area contributed by atoms with E-state index in [-0.39, 0.29) is 31.6 Å². The maximum absolute atomic E-state index is 10.9. The normalized spacial score (nSPS) is 16.1. The van der Waals surface area contributed by atoms with Gasteiger partial charge in [0.1, 0.15) is 0 Å². The topological polar surface area (TPSA) is 49.7 Å². The Morgan fingerprint density at radius 1 is 0.852 bits per heavy atom. The Balaban J connectivity index is 1.98. The van der Waals surface area contributed by atoms with E-state index < -0.39 is 12.2 Å². The molecule has 27 heavy (non-hydrogen) atoms. The predicted molar refractivity (Wildman–Crippen MR) is 112 cm³/mol. The van der Waals surface area contributed by atoms with Crippen molar-refractivity contribution in [1.29, 1.82) is 0 Å². The standard InChI is InChI=1S/C23H32O3Se/c1-17(2)21(24)14-22(25)23(27-20-12-8-5-9-13-20)18(3)15-26-16-19-10-6-4-7-11-19/h4-13,17-18,21-25H,14-16H2,1-3H3/t18-,21-,22+,23+/m0/s1. The number of hydrogen-bond acceptors (Lipinski definition) is 3. The number of aliphatic hydroxyl groups excluding tert-OH is 2. The van der Waals surface area contributed by atoms with Crippen LogP contribution in [0.1, 0.15) is 32.8 Å². The van der Waals surface area contributed by atoms with Crippen molar-refractivity contribution in [1.82, 2.24) is 0 Å². The second-order valence-corrected chi connectivity index (χ2v) is 10.1. The second kappa shape index (κ2) is 11.6. The van der Waals surface area contributed by atoms with Crippen molar-refractivity contribution < 1.29 is 14.9 Å². The fourth-order valence-corrected chi connectivity index (χ4v) is 5.45. The molecule has 0 aromatic heterocycles. The molecular formula is C23H32O3Se. The van der Waals surface area contributed by atoms with Gasteiger partial charge in [-0.2, -0.15) is 0 Å². The molecule has 0 saturated heterocycles. The van der Waals surface area contributed by atoms with Crippen LogP contribution in [0.25, 0.3) is 0 Å². The Morgan fingerprint density at radius 2 is 1.44 bits per heavy atom. The van der Waals surface area contributed by atoms with Gasteiger partial charge in [-0.3, -0.25) is 0 Å². The first-order chi connectivity index (χ1) is 13.0. The SMILES string of the molecule is CC(C)[C@@H](O)C[C@@H](O)[C@H]([Se]c1ccccc1)[C@@H](C)COCc1ccccc1. The summed E-state index contributed by atoms with van der Waals surface area (Å²) in [6.07, 6.45) is -0.593. The molecule has 0 aliphatic rings. The van der Waals surface area contributed by atoms with Crippen molar-refractivity contribution in [3.63, 3.8) is 0 Å². The molecule has 0 bridgehead atoms. The van der Waals surface area contributed by atoms with E-state index in [1.165, 1.54) is 4.46 Å². The van der Waals surface area contributed by atoms with Gasteiger partial charge in [-0.25, -0.2) is 0 Å². The van der Waals surface area contributed by atoms with Crippen LogP contribution in [0.2, 0.25) is 4.82 Å². The number of benzene rings is 2. The van der Waals surface area contributed by atoms with Crippen molar-refractivity contribution in [2.45, 2.75) is 50.8 Å². The van der Waals surface area contributed by atoms with Crippen LogP contribution in [0.4, 0.5) is 0 Å². The molecule has 3 nitrogen and oxygen atoms in total. The summed E-state index contributed by atoms with van der Waals surface area (Å²) in [5.74, 6) is 0.359. The quantitative estimate of drug-likeness (QED) is 0.532. The van der Waals surface area contributed by atoms with Crippen LogP contribution in [0, 0.1) is 11.8 Å². The van der Waals surface area contributed by atoms with Crippen LogP contribution in [0.3, 0.4) is 0 Å². The molecule has 0 heterocycles. The van der Waals surface area contributed by atoms with E-state index in [9.17, 15) is 10.2 Å². The fraction of sp³-hybridized carbons (Fsp3) is 0.478. The van der Waals surface area contributed by atoms with Crippen molar-refractivity contribution in [2.75, 3.05) is 6.61 Å². The van der Waals surface area contributed by atoms with Crippen LogP contribution in [-0.2, 0) is 11.3 Å². The van der Waals surface area contributed by atoms with Crippen LogP contribution in [0.15, 0.2) is 60.7 Å². The molecule has 4 atom stereocenters. The first-order valence-corrected chi connectivity index (χ1v) is 11.5. The molecule has 2 rings (SSSR count). The van der Waals surface area contributed by atoms with Gasteiger partial charge in [-0.15, -0.1) is 0 Å². The van der Waals surface area contributed by atoms with Crippen LogP contribution in [-0.4, -0.2) is 44.0 Å². The minimum atomic E-state index is -0.530. The van der Waals surface area contributed by atoms with Gasteiger partial charge in [-0.05, 0) is 0 Å². The number of hydrogen-bond donors (Lipinski definition) is 2. The van der Waals surface area contributed by atoms with E-state index in [1.807, 2.05) is 50.2 Å². The van der Waals surface area contributed by atoms with E-state index in [1.54, 1.807) is 0 Å². The molecular weight excluding hydrogens is 403 g/mol. The van der Waals surface area contributed by atoms with Crippen molar-refractivity contribution >= 4 is 19.4 Å². The second-order valence-electron chi connectivity index (χ2n) is 7.49. The minimum absolute atomic E-state index is 0.101. The summed E-state index contributed by atoms with van der Waals surface area (Å²) in [5, 5.41) is 21.1. The Kier molecular flexibility index (Phi) is 9.53. The average molecular weight is 435 g/mol. The summed E-state index contributed by atoms with van der Waals surface area (Å²) in [5.41, 5.74) is 1.16. The molecule has 0 radical (unpaired) electrons. The summed E-state index contributed by atoms with van der Waals surface area (Å²) in [7, 11) is 0. The van der Waals surface area contributed by atoms with Gasteiger partial charge in [0, 0.05) is 0 Å². The molecule has 0 fully saturated rings. The molecule has 0 amide bonds. The summed E-state index contributed by atoms with van der Waals surface area (Å²) >= 11 is 0.118. The molecule has 2 aromatic rings. The van der Waals surface area contributed by atoms with Gasteiger partial charge in [0.15, 0.2) is 0 Å². The van der Waals surface area contributed by atoms with Gasteiger partial charge < -0.3 is 0 Å². The first kappa shape index (κ1) is 22.1.